The molecule has 3 nitrogen and oxygen atoms in total. The van der Waals surface area contributed by atoms with Crippen LogP contribution in [0, 0.1) is 23.2 Å². The summed E-state index contributed by atoms with van der Waals surface area (Å²) in [4.78, 5) is 10.7. The monoisotopic (exact) mass is 304 g/mol. The number of benzene rings is 1. The maximum atomic E-state index is 10.7. The summed E-state index contributed by atoms with van der Waals surface area (Å²) in [6.07, 6.45) is 0.595. The Hall–Kier alpha value is -1.78. The van der Waals surface area contributed by atoms with Gasteiger partial charge in [-0.05, 0) is 17.7 Å². The minimum Gasteiger partial charge on any atom is -0.355 e. The number of hydrogen-bond donors (Lipinski definition) is 1. The molecule has 0 aliphatic carbocycles. The first-order valence-electron chi connectivity index (χ1n) is 5.49. The fourth-order valence-electron chi connectivity index (χ4n) is 1.34. The smallest absolute Gasteiger partial charge is 0.216 e. The van der Waals surface area contributed by atoms with Gasteiger partial charge in [0, 0.05) is 30.8 Å². The number of carbonyl (C=O) groups is 1. The largest absolute Gasteiger partial charge is 0.355 e. The second-order valence-electron chi connectivity index (χ2n) is 3.65. The zero-order chi connectivity index (χ0) is 13.4. The van der Waals surface area contributed by atoms with Gasteiger partial charge in [-0.1, -0.05) is 33.8 Å². The van der Waals surface area contributed by atoms with Gasteiger partial charge in [0.25, 0.3) is 0 Å². The van der Waals surface area contributed by atoms with Gasteiger partial charge in [-0.15, -0.1) is 0 Å². The van der Waals surface area contributed by atoms with E-state index >= 15 is 0 Å². The molecule has 1 aromatic carbocycles. The quantitative estimate of drug-likeness (QED) is 0.529. The molecule has 1 amide bonds. The van der Waals surface area contributed by atoms with Crippen molar-refractivity contribution >= 4 is 21.8 Å². The van der Waals surface area contributed by atoms with Gasteiger partial charge in [-0.2, -0.15) is 5.26 Å². The summed E-state index contributed by atoms with van der Waals surface area (Å²) in [7, 11) is 0. The van der Waals surface area contributed by atoms with Crippen molar-refractivity contribution in [2.24, 2.45) is 0 Å². The molecule has 0 saturated carbocycles. The lowest BCUT2D eigenvalue weighted by molar-refractivity contribution is -0.118. The van der Waals surface area contributed by atoms with Crippen LogP contribution in [-0.2, 0) is 10.1 Å². The van der Waals surface area contributed by atoms with E-state index in [1.54, 1.807) is 12.1 Å². The lowest BCUT2D eigenvalue weighted by Crippen LogP contribution is -2.20. The second-order valence-corrected chi connectivity index (χ2v) is 4.21. The van der Waals surface area contributed by atoms with Crippen LogP contribution >= 0.6 is 15.9 Å². The predicted molar refractivity (Wildman–Crippen MR) is 74.0 cm³/mol. The molecule has 0 fully saturated rings. The Morgan fingerprint density at radius 2 is 2.28 bits per heavy atom. The Kier molecular flexibility index (Phi) is 5.97. The number of carbonyl (C=O) groups excluding carboxylic acids is 1. The minimum absolute atomic E-state index is 0.0515. The molecular weight excluding hydrogens is 292 g/mol. The summed E-state index contributed by atoms with van der Waals surface area (Å²) in [6.45, 7) is 2.02. The Morgan fingerprint density at radius 1 is 1.50 bits per heavy atom. The normalized spacial score (nSPS) is 8.94. The number of nitrogens with one attached hydrogen (secondary N) is 1. The van der Waals surface area contributed by atoms with Gasteiger partial charge >= 0.3 is 0 Å². The van der Waals surface area contributed by atoms with Crippen LogP contribution in [0.2, 0.25) is 0 Å². The van der Waals surface area contributed by atoms with E-state index in [0.717, 1.165) is 11.1 Å². The van der Waals surface area contributed by atoms with Crippen LogP contribution in [0.5, 0.6) is 0 Å². The van der Waals surface area contributed by atoms with E-state index in [2.05, 4.69) is 39.2 Å². The van der Waals surface area contributed by atoms with Crippen molar-refractivity contribution in [1.82, 2.24) is 5.32 Å². The first-order valence-corrected chi connectivity index (χ1v) is 6.62. The molecule has 0 radical (unpaired) electrons. The lowest BCUT2D eigenvalue weighted by atomic mass is 10.1. The molecule has 0 spiro atoms. The number of amides is 1. The minimum atomic E-state index is -0.0515. The Balaban J connectivity index is 2.74. The van der Waals surface area contributed by atoms with E-state index < -0.39 is 0 Å². The molecular formula is C14H13BrN2O. The van der Waals surface area contributed by atoms with Gasteiger partial charge in [0.15, 0.2) is 0 Å². The molecule has 0 bridgehead atoms. The fourth-order valence-corrected chi connectivity index (χ4v) is 1.83. The maximum Gasteiger partial charge on any atom is 0.216 e. The average molecular weight is 305 g/mol. The van der Waals surface area contributed by atoms with Crippen LogP contribution in [0.25, 0.3) is 0 Å². The summed E-state index contributed by atoms with van der Waals surface area (Å²) >= 11 is 3.39. The van der Waals surface area contributed by atoms with E-state index in [4.69, 9.17) is 5.26 Å². The Morgan fingerprint density at radius 3 is 2.89 bits per heavy atom. The van der Waals surface area contributed by atoms with Gasteiger partial charge in [0.2, 0.25) is 5.91 Å². The number of hydrogen-bond acceptors (Lipinski definition) is 2. The number of rotatable bonds is 3. The van der Waals surface area contributed by atoms with Crippen molar-refractivity contribution in [2.75, 3.05) is 6.54 Å². The molecule has 1 N–H and O–H groups in total. The van der Waals surface area contributed by atoms with Crippen molar-refractivity contribution in [3.8, 4) is 17.9 Å². The van der Waals surface area contributed by atoms with Gasteiger partial charge < -0.3 is 5.32 Å². The van der Waals surface area contributed by atoms with Crippen molar-refractivity contribution in [2.45, 2.75) is 18.7 Å². The van der Waals surface area contributed by atoms with Crippen LogP contribution in [0.4, 0.5) is 0 Å². The van der Waals surface area contributed by atoms with Crippen molar-refractivity contribution in [3.63, 3.8) is 0 Å². The molecule has 92 valence electrons. The highest BCUT2D eigenvalue weighted by Gasteiger charge is 2.00. The molecule has 18 heavy (non-hydrogen) atoms. The summed E-state index contributed by atoms with van der Waals surface area (Å²) in [5, 5.41) is 12.2. The number of nitrogens with zero attached hydrogens (tertiary/aromatic N) is 1. The van der Waals surface area contributed by atoms with Crippen LogP contribution in [0.15, 0.2) is 18.2 Å². The first kappa shape index (κ1) is 14.3. The van der Waals surface area contributed by atoms with Gasteiger partial charge in [0.1, 0.15) is 0 Å². The molecule has 0 aromatic heterocycles. The third kappa shape index (κ3) is 4.61. The Bertz CT molecular complexity index is 535. The molecule has 4 heteroatoms. The zero-order valence-corrected chi connectivity index (χ0v) is 11.7. The highest BCUT2D eigenvalue weighted by atomic mass is 79.9. The second kappa shape index (κ2) is 7.53. The van der Waals surface area contributed by atoms with Crippen LogP contribution in [0.1, 0.15) is 30.0 Å². The maximum absolute atomic E-state index is 10.7. The number of alkyl halides is 1. The van der Waals surface area contributed by atoms with Gasteiger partial charge in [-0.25, -0.2) is 0 Å². The predicted octanol–water partition coefficient (Wildman–Crippen LogP) is 2.33. The summed E-state index contributed by atoms with van der Waals surface area (Å²) in [5.74, 6) is 5.97. The van der Waals surface area contributed by atoms with Crippen molar-refractivity contribution in [3.05, 3.63) is 34.9 Å². The summed E-state index contributed by atoms with van der Waals surface area (Å²) < 4.78 is 0. The third-order valence-corrected chi connectivity index (χ3v) is 2.83. The molecule has 0 heterocycles. The topological polar surface area (TPSA) is 52.9 Å². The first-order chi connectivity index (χ1) is 8.67. The third-order valence-electron chi connectivity index (χ3n) is 2.23. The van der Waals surface area contributed by atoms with E-state index in [-0.39, 0.29) is 5.91 Å². The SMILES string of the molecule is CC(=O)NCCC#Cc1cc(C#N)ccc1CBr. The molecule has 1 aromatic rings. The number of halogens is 1. The average Bonchev–Trinajstić information content (AvgIpc) is 2.37. The highest BCUT2D eigenvalue weighted by Crippen LogP contribution is 2.13. The number of nitriles is 1. The van der Waals surface area contributed by atoms with E-state index in [1.807, 2.05) is 6.07 Å². The molecule has 0 saturated heterocycles. The molecule has 0 aliphatic heterocycles. The standard InChI is InChI=1S/C14H13BrN2O/c1-11(18)17-7-3-2-4-13-8-12(10-16)5-6-14(13)9-15/h5-6,8H,3,7,9H2,1H3,(H,17,18). The van der Waals surface area contributed by atoms with Gasteiger partial charge in [-0.3, -0.25) is 4.79 Å². The van der Waals surface area contributed by atoms with Crippen LogP contribution in [0.3, 0.4) is 0 Å². The van der Waals surface area contributed by atoms with Gasteiger partial charge in [0.05, 0.1) is 11.6 Å². The van der Waals surface area contributed by atoms with E-state index in [0.29, 0.717) is 23.9 Å². The molecule has 0 atom stereocenters. The lowest BCUT2D eigenvalue weighted by Gasteiger charge is -2.00. The van der Waals surface area contributed by atoms with E-state index in [1.165, 1.54) is 6.92 Å². The Labute approximate surface area is 115 Å². The molecule has 1 rings (SSSR count). The van der Waals surface area contributed by atoms with Crippen LogP contribution < -0.4 is 5.32 Å². The summed E-state index contributed by atoms with van der Waals surface area (Å²) in [5.41, 5.74) is 2.51. The molecule has 0 unspecified atom stereocenters. The summed E-state index contributed by atoms with van der Waals surface area (Å²) in [6, 6.07) is 7.55. The highest BCUT2D eigenvalue weighted by molar-refractivity contribution is 9.08. The van der Waals surface area contributed by atoms with Crippen molar-refractivity contribution in [1.29, 1.82) is 5.26 Å². The fraction of sp³-hybridized carbons (Fsp3) is 0.286. The zero-order valence-electron chi connectivity index (χ0n) is 10.1. The van der Waals surface area contributed by atoms with E-state index in [9.17, 15) is 4.79 Å². The van der Waals surface area contributed by atoms with Crippen LogP contribution in [-0.4, -0.2) is 12.5 Å². The molecule has 0 aliphatic rings. The van der Waals surface area contributed by atoms with Crippen molar-refractivity contribution < 1.29 is 4.79 Å².